The van der Waals surface area contributed by atoms with Gasteiger partial charge in [0.2, 0.25) is 5.91 Å². The number of nitrogens with one attached hydrogen (secondary N) is 2. The van der Waals surface area contributed by atoms with Crippen molar-refractivity contribution in [3.63, 3.8) is 0 Å². The van der Waals surface area contributed by atoms with Crippen molar-refractivity contribution in [3.05, 3.63) is 63.6 Å². The van der Waals surface area contributed by atoms with E-state index in [0.717, 1.165) is 29.3 Å². The van der Waals surface area contributed by atoms with E-state index >= 15 is 0 Å². The van der Waals surface area contributed by atoms with Gasteiger partial charge in [0.05, 0.1) is 18.3 Å². The Balaban J connectivity index is 1.72. The molecule has 2 rings (SSSR count). The highest BCUT2D eigenvalue weighted by Gasteiger charge is 2.13. The molecule has 0 aliphatic carbocycles. The average molecular weight is 573 g/mol. The minimum atomic E-state index is -0.478. The second-order valence-corrected chi connectivity index (χ2v) is 9.95. The monoisotopic (exact) mass is 571 g/mol. The number of unbranched alkanes of at least 4 members (excludes halogenated alkanes) is 8. The molecule has 2 N–H and O–H groups in total. The molecule has 0 aromatic heterocycles. The van der Waals surface area contributed by atoms with Crippen molar-refractivity contribution in [1.29, 1.82) is 0 Å². The molecule has 7 nitrogen and oxygen atoms in total. The van der Waals surface area contributed by atoms with Gasteiger partial charge < -0.3 is 10.1 Å². The quantitative estimate of drug-likeness (QED) is 0.0793. The second-order valence-electron chi connectivity index (χ2n) is 9.03. The third-order valence-corrected chi connectivity index (χ3v) is 6.38. The number of carbonyl (C=O) groups is 3. The molecule has 2 amide bonds. The van der Waals surface area contributed by atoms with Crippen molar-refractivity contribution in [2.75, 3.05) is 6.54 Å². The summed E-state index contributed by atoms with van der Waals surface area (Å²) in [4.78, 5) is 36.7. The van der Waals surface area contributed by atoms with Crippen LogP contribution in [-0.4, -0.2) is 30.5 Å². The molecule has 0 aliphatic rings. The summed E-state index contributed by atoms with van der Waals surface area (Å²) in [7, 11) is 0. The minimum absolute atomic E-state index is 0.139. The number of hydrazone groups is 1. The molecule has 0 heterocycles. The van der Waals surface area contributed by atoms with E-state index in [1.54, 1.807) is 30.3 Å². The normalized spacial score (nSPS) is 10.9. The summed E-state index contributed by atoms with van der Waals surface area (Å²) >= 11 is 3.39. The van der Waals surface area contributed by atoms with Crippen LogP contribution in [0.4, 0.5) is 0 Å². The lowest BCUT2D eigenvalue weighted by Crippen LogP contribution is -2.34. The number of hydrogen-bond donors (Lipinski definition) is 2. The van der Waals surface area contributed by atoms with Gasteiger partial charge in [-0.25, -0.2) is 10.2 Å². The van der Waals surface area contributed by atoms with Crippen LogP contribution in [0, 0.1) is 6.92 Å². The van der Waals surface area contributed by atoms with Crippen molar-refractivity contribution in [2.24, 2.45) is 5.10 Å². The maximum absolute atomic E-state index is 12.6. The highest BCUT2D eigenvalue weighted by atomic mass is 79.9. The van der Waals surface area contributed by atoms with E-state index in [4.69, 9.17) is 4.74 Å². The number of rotatable bonds is 16. The largest absolute Gasteiger partial charge is 0.422 e. The highest BCUT2D eigenvalue weighted by Crippen LogP contribution is 2.23. The van der Waals surface area contributed by atoms with Gasteiger partial charge in [0, 0.05) is 16.5 Å². The number of nitrogens with zero attached hydrogens (tertiary/aromatic N) is 1. The van der Waals surface area contributed by atoms with E-state index in [0.29, 0.717) is 23.3 Å². The van der Waals surface area contributed by atoms with Crippen molar-refractivity contribution < 1.29 is 19.1 Å². The minimum Gasteiger partial charge on any atom is -0.422 e. The Labute approximate surface area is 228 Å². The molecule has 0 atom stereocenters. The van der Waals surface area contributed by atoms with Crippen LogP contribution in [0.5, 0.6) is 5.75 Å². The first kappa shape index (κ1) is 30.2. The SMILES string of the molecule is CCCCCCCCCCCC(=O)NCC(=O)N/N=C\c1cc(Br)ccc1OC(=O)c1ccccc1C. The van der Waals surface area contributed by atoms with E-state index in [2.05, 4.69) is 38.7 Å². The molecular weight excluding hydrogens is 534 g/mol. The zero-order chi connectivity index (χ0) is 26.9. The molecule has 0 unspecified atom stereocenters. The molecule has 0 saturated carbocycles. The van der Waals surface area contributed by atoms with E-state index in [-0.39, 0.29) is 12.5 Å². The Morgan fingerprint density at radius 3 is 2.30 bits per heavy atom. The van der Waals surface area contributed by atoms with Gasteiger partial charge in [0.25, 0.3) is 5.91 Å². The summed E-state index contributed by atoms with van der Waals surface area (Å²) in [5.41, 5.74) is 4.18. The number of benzene rings is 2. The molecule has 0 aliphatic heterocycles. The average Bonchev–Trinajstić information content (AvgIpc) is 2.88. The maximum Gasteiger partial charge on any atom is 0.343 e. The van der Waals surface area contributed by atoms with Gasteiger partial charge in [0.1, 0.15) is 5.75 Å². The Hall–Kier alpha value is -3.00. The van der Waals surface area contributed by atoms with Crippen molar-refractivity contribution in [2.45, 2.75) is 78.1 Å². The van der Waals surface area contributed by atoms with Crippen LogP contribution in [-0.2, 0) is 9.59 Å². The van der Waals surface area contributed by atoms with E-state index < -0.39 is 11.9 Å². The van der Waals surface area contributed by atoms with Gasteiger partial charge in [-0.3, -0.25) is 9.59 Å². The smallest absolute Gasteiger partial charge is 0.343 e. The molecule has 0 saturated heterocycles. The summed E-state index contributed by atoms with van der Waals surface area (Å²) in [5.74, 6) is -0.748. The molecule has 0 fully saturated rings. The van der Waals surface area contributed by atoms with Crippen molar-refractivity contribution in [1.82, 2.24) is 10.7 Å². The maximum atomic E-state index is 12.6. The lowest BCUT2D eigenvalue weighted by atomic mass is 10.1. The van der Waals surface area contributed by atoms with Crippen LogP contribution in [0.3, 0.4) is 0 Å². The fourth-order valence-corrected chi connectivity index (χ4v) is 4.13. The Kier molecular flexibility index (Phi) is 14.3. The first-order valence-corrected chi connectivity index (χ1v) is 13.9. The lowest BCUT2D eigenvalue weighted by Gasteiger charge is -2.09. The molecular formula is C29H38BrN3O4. The van der Waals surface area contributed by atoms with Crippen LogP contribution in [0.2, 0.25) is 0 Å². The number of carbonyl (C=O) groups excluding carboxylic acids is 3. The Bertz CT molecular complexity index is 1060. The topological polar surface area (TPSA) is 96.9 Å². The van der Waals surface area contributed by atoms with Crippen LogP contribution in [0.25, 0.3) is 0 Å². The van der Waals surface area contributed by atoms with Crippen LogP contribution >= 0.6 is 15.9 Å². The number of esters is 1. The summed E-state index contributed by atoms with van der Waals surface area (Å²) in [5, 5.41) is 6.58. The molecule has 0 bridgehead atoms. The summed E-state index contributed by atoms with van der Waals surface area (Å²) in [6.45, 7) is 3.90. The standard InChI is InChI=1S/C29H38BrN3O4/c1-3-4-5-6-7-8-9-10-11-16-27(34)31-21-28(35)33-32-20-23-19-24(30)17-18-26(23)37-29(36)25-15-13-12-14-22(25)2/h12-15,17-20H,3-11,16,21H2,1-2H3,(H,31,34)(H,33,35)/b32-20-. The first-order chi connectivity index (χ1) is 17.9. The predicted molar refractivity (Wildman–Crippen MR) is 151 cm³/mol. The molecule has 0 radical (unpaired) electrons. The number of amides is 2. The van der Waals surface area contributed by atoms with E-state index in [1.165, 1.54) is 44.7 Å². The van der Waals surface area contributed by atoms with Crippen LogP contribution in [0.15, 0.2) is 52.0 Å². The summed E-state index contributed by atoms with van der Waals surface area (Å²) in [6, 6.07) is 12.3. The fourth-order valence-electron chi connectivity index (χ4n) is 3.75. The highest BCUT2D eigenvalue weighted by molar-refractivity contribution is 9.10. The fraction of sp³-hybridized carbons (Fsp3) is 0.448. The zero-order valence-electron chi connectivity index (χ0n) is 21.9. The number of ether oxygens (including phenoxy) is 1. The number of aryl methyl sites for hydroxylation is 1. The molecule has 200 valence electrons. The molecule has 2 aromatic carbocycles. The summed E-state index contributed by atoms with van der Waals surface area (Å²) in [6.07, 6.45) is 12.5. The van der Waals surface area contributed by atoms with Gasteiger partial charge in [-0.1, -0.05) is 92.4 Å². The lowest BCUT2D eigenvalue weighted by molar-refractivity contribution is -0.126. The molecule has 37 heavy (non-hydrogen) atoms. The number of halogens is 1. The van der Waals surface area contributed by atoms with Gasteiger partial charge in [-0.15, -0.1) is 0 Å². The second kappa shape index (κ2) is 17.5. The van der Waals surface area contributed by atoms with E-state index in [9.17, 15) is 14.4 Å². The molecule has 0 spiro atoms. The molecule has 2 aromatic rings. The van der Waals surface area contributed by atoms with Crippen molar-refractivity contribution >= 4 is 39.9 Å². The Morgan fingerprint density at radius 1 is 0.919 bits per heavy atom. The van der Waals surface area contributed by atoms with Gasteiger partial charge >= 0.3 is 5.97 Å². The summed E-state index contributed by atoms with van der Waals surface area (Å²) < 4.78 is 6.33. The van der Waals surface area contributed by atoms with Gasteiger partial charge in [-0.2, -0.15) is 5.10 Å². The van der Waals surface area contributed by atoms with Gasteiger partial charge in [0.15, 0.2) is 0 Å². The van der Waals surface area contributed by atoms with Crippen LogP contribution < -0.4 is 15.5 Å². The third kappa shape index (κ3) is 12.2. The van der Waals surface area contributed by atoms with Gasteiger partial charge in [-0.05, 0) is 43.2 Å². The van der Waals surface area contributed by atoms with Crippen molar-refractivity contribution in [3.8, 4) is 5.75 Å². The Morgan fingerprint density at radius 2 is 1.59 bits per heavy atom. The number of hydrogen-bond acceptors (Lipinski definition) is 5. The first-order valence-electron chi connectivity index (χ1n) is 13.1. The third-order valence-electron chi connectivity index (χ3n) is 5.89. The molecule has 8 heteroatoms. The zero-order valence-corrected chi connectivity index (χ0v) is 23.4. The van der Waals surface area contributed by atoms with Crippen LogP contribution in [0.1, 0.15) is 92.6 Å². The predicted octanol–water partition coefficient (Wildman–Crippen LogP) is 6.46. The van der Waals surface area contributed by atoms with E-state index in [1.807, 2.05) is 19.1 Å².